The molecular formula is C29H34N2O4S. The minimum absolute atomic E-state index is 0.125. The fraction of sp³-hybridized carbons (Fsp3) is 0.345. The molecule has 1 heterocycles. The smallest absolute Gasteiger partial charge is 0.265 e. The van der Waals surface area contributed by atoms with Crippen LogP contribution in [-0.2, 0) is 27.7 Å². The number of fused-ring (bicyclic) bond motifs is 1. The summed E-state index contributed by atoms with van der Waals surface area (Å²) in [4.78, 5) is 13.5. The third-order valence-electron chi connectivity index (χ3n) is 6.91. The minimum atomic E-state index is -4.02. The molecule has 1 amide bonds. The second kappa shape index (κ2) is 11.2. The molecule has 6 nitrogen and oxygen atoms in total. The number of sulfonamides is 1. The highest BCUT2D eigenvalue weighted by molar-refractivity contribution is 7.93. The number of methoxy groups -OCH3 is 1. The molecule has 1 atom stereocenters. The average Bonchev–Trinajstić information content (AvgIpc) is 2.89. The molecule has 3 aromatic rings. The summed E-state index contributed by atoms with van der Waals surface area (Å²) < 4.78 is 34.8. The van der Waals surface area contributed by atoms with E-state index >= 15 is 0 Å². The second-order valence-corrected chi connectivity index (χ2v) is 11.1. The number of hydrogen-bond donors (Lipinski definition) is 1. The monoisotopic (exact) mass is 506 g/mol. The number of ether oxygens (including phenoxy) is 1. The number of unbranched alkanes of at least 4 members (excludes halogenated alkanes) is 1. The van der Waals surface area contributed by atoms with E-state index in [0.29, 0.717) is 30.8 Å². The standard InChI is InChI=1S/C29H34N2O4S/c1-21-19-25(20-28(35-3)22(21)2)36(33,34)31-26-15-8-7-14-24(26)16-17-27(31)29(32)30-18-10-9-13-23-11-5-4-6-12-23/h4-8,11-12,14-15,19-20,27H,9-10,13,16-18H2,1-3H3,(H,30,32). The highest BCUT2D eigenvalue weighted by Gasteiger charge is 2.40. The van der Waals surface area contributed by atoms with Crippen molar-refractivity contribution in [2.45, 2.75) is 56.9 Å². The van der Waals surface area contributed by atoms with Gasteiger partial charge in [-0.05, 0) is 80.3 Å². The molecule has 0 bridgehead atoms. The van der Waals surface area contributed by atoms with Crippen LogP contribution in [0.2, 0.25) is 0 Å². The van der Waals surface area contributed by atoms with Crippen molar-refractivity contribution in [3.63, 3.8) is 0 Å². The Hall–Kier alpha value is -3.32. The van der Waals surface area contributed by atoms with Gasteiger partial charge in [0.1, 0.15) is 11.8 Å². The molecule has 1 unspecified atom stereocenters. The van der Waals surface area contributed by atoms with E-state index in [1.807, 2.05) is 50.2 Å². The van der Waals surface area contributed by atoms with Gasteiger partial charge < -0.3 is 10.1 Å². The first-order valence-electron chi connectivity index (χ1n) is 12.4. The van der Waals surface area contributed by atoms with Gasteiger partial charge in [-0.15, -0.1) is 0 Å². The number of aryl methyl sites for hydroxylation is 3. The van der Waals surface area contributed by atoms with Crippen LogP contribution in [0.15, 0.2) is 71.6 Å². The maximum Gasteiger partial charge on any atom is 0.265 e. The first-order valence-corrected chi connectivity index (χ1v) is 13.9. The zero-order chi connectivity index (χ0) is 25.7. The lowest BCUT2D eigenvalue weighted by Gasteiger charge is -2.37. The number of amides is 1. The molecule has 0 aromatic heterocycles. The Morgan fingerprint density at radius 2 is 1.75 bits per heavy atom. The number of benzene rings is 3. The van der Waals surface area contributed by atoms with Crippen LogP contribution in [0.3, 0.4) is 0 Å². The molecule has 4 rings (SSSR count). The molecule has 1 aliphatic rings. The zero-order valence-corrected chi connectivity index (χ0v) is 22.0. The van der Waals surface area contributed by atoms with Crippen LogP contribution in [0.1, 0.15) is 41.5 Å². The van der Waals surface area contributed by atoms with Crippen LogP contribution in [0.25, 0.3) is 0 Å². The van der Waals surface area contributed by atoms with E-state index in [9.17, 15) is 13.2 Å². The van der Waals surface area contributed by atoms with E-state index in [1.165, 1.54) is 17.0 Å². The predicted molar refractivity (Wildman–Crippen MR) is 143 cm³/mol. The highest BCUT2D eigenvalue weighted by atomic mass is 32.2. The van der Waals surface area contributed by atoms with Crippen molar-refractivity contribution in [3.05, 3.63) is 89.0 Å². The molecule has 0 spiro atoms. The van der Waals surface area contributed by atoms with Crippen LogP contribution in [0.5, 0.6) is 5.75 Å². The number of rotatable bonds is 9. The molecular weight excluding hydrogens is 472 g/mol. The fourth-order valence-electron chi connectivity index (χ4n) is 4.75. The molecule has 1 aliphatic heterocycles. The Bertz CT molecular complexity index is 1320. The molecule has 0 fully saturated rings. The summed E-state index contributed by atoms with van der Waals surface area (Å²) in [5.41, 5.74) is 4.46. The van der Waals surface area contributed by atoms with Gasteiger partial charge in [-0.2, -0.15) is 0 Å². The van der Waals surface area contributed by atoms with Crippen molar-refractivity contribution in [1.82, 2.24) is 5.32 Å². The van der Waals surface area contributed by atoms with E-state index in [-0.39, 0.29) is 10.8 Å². The van der Waals surface area contributed by atoms with Crippen molar-refractivity contribution in [2.24, 2.45) is 0 Å². The van der Waals surface area contributed by atoms with Crippen molar-refractivity contribution >= 4 is 21.6 Å². The Balaban J connectivity index is 1.55. The first-order chi connectivity index (χ1) is 17.3. The molecule has 3 aromatic carbocycles. The summed E-state index contributed by atoms with van der Waals surface area (Å²) >= 11 is 0. The summed E-state index contributed by atoms with van der Waals surface area (Å²) in [6.07, 6.45) is 3.79. The summed E-state index contributed by atoms with van der Waals surface area (Å²) in [6, 6.07) is 20.1. The van der Waals surface area contributed by atoms with Crippen LogP contribution in [-0.4, -0.2) is 34.0 Å². The van der Waals surface area contributed by atoms with E-state index in [2.05, 4.69) is 17.4 Å². The number of carbonyl (C=O) groups is 1. The third kappa shape index (κ3) is 5.41. The lowest BCUT2D eigenvalue weighted by atomic mass is 9.97. The van der Waals surface area contributed by atoms with Gasteiger partial charge in [0.2, 0.25) is 5.91 Å². The second-order valence-electron chi connectivity index (χ2n) is 9.29. The van der Waals surface area contributed by atoms with Crippen molar-refractivity contribution in [2.75, 3.05) is 18.0 Å². The van der Waals surface area contributed by atoms with Crippen molar-refractivity contribution < 1.29 is 17.9 Å². The molecule has 190 valence electrons. The van der Waals surface area contributed by atoms with Gasteiger partial charge >= 0.3 is 0 Å². The summed E-state index contributed by atoms with van der Waals surface area (Å²) in [5.74, 6) is 0.252. The van der Waals surface area contributed by atoms with E-state index in [0.717, 1.165) is 36.0 Å². The number of para-hydroxylation sites is 1. The Kier molecular flexibility index (Phi) is 7.99. The predicted octanol–water partition coefficient (Wildman–Crippen LogP) is 4.96. The molecule has 0 radical (unpaired) electrons. The SMILES string of the molecule is COc1cc(S(=O)(=O)N2c3ccccc3CCC2C(=O)NCCCCc2ccccc2)cc(C)c1C. The quantitative estimate of drug-likeness (QED) is 0.416. The van der Waals surface area contributed by atoms with Gasteiger partial charge in [0.15, 0.2) is 0 Å². The molecule has 0 saturated heterocycles. The summed E-state index contributed by atoms with van der Waals surface area (Å²) in [5, 5.41) is 3.00. The maximum atomic E-state index is 14.0. The Morgan fingerprint density at radius 1 is 1.03 bits per heavy atom. The lowest BCUT2D eigenvalue weighted by Crippen LogP contribution is -2.52. The lowest BCUT2D eigenvalue weighted by molar-refractivity contribution is -0.122. The highest BCUT2D eigenvalue weighted by Crippen LogP contribution is 2.37. The Labute approximate surface area is 214 Å². The first kappa shape index (κ1) is 25.8. The number of hydrogen-bond acceptors (Lipinski definition) is 4. The minimum Gasteiger partial charge on any atom is -0.496 e. The summed E-state index contributed by atoms with van der Waals surface area (Å²) in [7, 11) is -2.49. The topological polar surface area (TPSA) is 75.7 Å². The van der Waals surface area contributed by atoms with Gasteiger partial charge in [0, 0.05) is 12.6 Å². The van der Waals surface area contributed by atoms with E-state index < -0.39 is 16.1 Å². The van der Waals surface area contributed by atoms with Gasteiger partial charge in [-0.25, -0.2) is 8.42 Å². The van der Waals surface area contributed by atoms with Gasteiger partial charge in [-0.1, -0.05) is 48.5 Å². The fourth-order valence-corrected chi connectivity index (χ4v) is 6.53. The van der Waals surface area contributed by atoms with E-state index in [1.54, 1.807) is 18.2 Å². The van der Waals surface area contributed by atoms with Crippen LogP contribution >= 0.6 is 0 Å². The van der Waals surface area contributed by atoms with Crippen LogP contribution < -0.4 is 14.4 Å². The summed E-state index contributed by atoms with van der Waals surface area (Å²) in [6.45, 7) is 4.27. The third-order valence-corrected chi connectivity index (χ3v) is 8.71. The van der Waals surface area contributed by atoms with Gasteiger partial charge in [0.05, 0.1) is 17.7 Å². The zero-order valence-electron chi connectivity index (χ0n) is 21.2. The Morgan fingerprint density at radius 3 is 2.50 bits per heavy atom. The molecule has 1 N–H and O–H groups in total. The van der Waals surface area contributed by atoms with E-state index in [4.69, 9.17) is 4.74 Å². The number of nitrogens with zero attached hydrogens (tertiary/aromatic N) is 1. The van der Waals surface area contributed by atoms with Crippen LogP contribution in [0, 0.1) is 13.8 Å². The number of nitrogens with one attached hydrogen (secondary N) is 1. The number of anilines is 1. The largest absolute Gasteiger partial charge is 0.496 e. The number of carbonyl (C=O) groups excluding carboxylic acids is 1. The average molecular weight is 507 g/mol. The van der Waals surface area contributed by atoms with Gasteiger partial charge in [-0.3, -0.25) is 9.10 Å². The molecule has 7 heteroatoms. The molecule has 0 aliphatic carbocycles. The normalized spacial score (nSPS) is 15.3. The van der Waals surface area contributed by atoms with Gasteiger partial charge in [0.25, 0.3) is 10.0 Å². The molecule has 0 saturated carbocycles. The molecule has 36 heavy (non-hydrogen) atoms. The van der Waals surface area contributed by atoms with Crippen molar-refractivity contribution in [3.8, 4) is 5.75 Å². The maximum absolute atomic E-state index is 14.0. The van der Waals surface area contributed by atoms with Crippen LogP contribution in [0.4, 0.5) is 5.69 Å². The van der Waals surface area contributed by atoms with Crippen molar-refractivity contribution in [1.29, 1.82) is 0 Å².